The molecule has 34 heavy (non-hydrogen) atoms. The first-order chi connectivity index (χ1) is 16.3. The van der Waals surface area contributed by atoms with Gasteiger partial charge in [-0.1, -0.05) is 19.4 Å². The van der Waals surface area contributed by atoms with Gasteiger partial charge in [0.1, 0.15) is 0 Å². The Morgan fingerprint density at radius 2 is 1.56 bits per heavy atom. The summed E-state index contributed by atoms with van der Waals surface area (Å²) in [6.45, 7) is 5.14. The summed E-state index contributed by atoms with van der Waals surface area (Å²) in [7, 11) is -2.22. The first kappa shape index (κ1) is 25.5. The number of sulfonamides is 1. The van der Waals surface area contributed by atoms with E-state index in [2.05, 4.69) is 10.9 Å². The number of benzene rings is 2. The van der Waals surface area contributed by atoms with Crippen molar-refractivity contribution in [3.05, 3.63) is 53.1 Å². The van der Waals surface area contributed by atoms with E-state index in [9.17, 15) is 18.0 Å². The van der Waals surface area contributed by atoms with Gasteiger partial charge in [0.15, 0.2) is 11.5 Å². The van der Waals surface area contributed by atoms with E-state index in [-0.39, 0.29) is 16.0 Å². The molecule has 2 aromatic carbocycles. The van der Waals surface area contributed by atoms with Gasteiger partial charge >= 0.3 is 0 Å². The molecule has 0 bridgehead atoms. The molecular weight excluding hydrogens is 458 g/mol. The van der Waals surface area contributed by atoms with Gasteiger partial charge in [0.2, 0.25) is 10.0 Å². The fourth-order valence-electron chi connectivity index (χ4n) is 3.66. The predicted octanol–water partition coefficient (Wildman–Crippen LogP) is 3.04. The molecule has 0 atom stereocenters. The van der Waals surface area contributed by atoms with E-state index in [0.717, 1.165) is 25.7 Å². The van der Waals surface area contributed by atoms with Gasteiger partial charge in [-0.15, -0.1) is 0 Å². The summed E-state index contributed by atoms with van der Waals surface area (Å²) >= 11 is 0. The molecule has 2 N–H and O–H groups in total. The topological polar surface area (TPSA) is 114 Å². The zero-order chi connectivity index (χ0) is 24.7. The zero-order valence-electron chi connectivity index (χ0n) is 19.7. The van der Waals surface area contributed by atoms with Crippen LogP contribution in [0.2, 0.25) is 0 Å². The maximum atomic E-state index is 13.1. The van der Waals surface area contributed by atoms with E-state index in [4.69, 9.17) is 9.47 Å². The van der Waals surface area contributed by atoms with Crippen molar-refractivity contribution in [2.24, 2.45) is 0 Å². The minimum absolute atomic E-state index is 0.0979. The molecule has 0 radical (unpaired) electrons. The highest BCUT2D eigenvalue weighted by molar-refractivity contribution is 7.89. The minimum Gasteiger partial charge on any atom is -0.493 e. The molecule has 10 heteroatoms. The summed E-state index contributed by atoms with van der Waals surface area (Å²) in [4.78, 5) is 25.3. The maximum absolute atomic E-state index is 13.1. The Balaban J connectivity index is 1.70. The van der Waals surface area contributed by atoms with Crippen LogP contribution in [0.3, 0.4) is 0 Å². The number of aryl methyl sites for hydroxylation is 1. The molecule has 0 aliphatic carbocycles. The van der Waals surface area contributed by atoms with Crippen molar-refractivity contribution in [2.75, 3.05) is 26.8 Å². The highest BCUT2D eigenvalue weighted by Crippen LogP contribution is 2.28. The van der Waals surface area contributed by atoms with Crippen LogP contribution in [0.25, 0.3) is 0 Å². The molecule has 9 nitrogen and oxygen atoms in total. The molecule has 3 rings (SSSR count). The van der Waals surface area contributed by atoms with Crippen molar-refractivity contribution in [3.63, 3.8) is 0 Å². The van der Waals surface area contributed by atoms with Crippen molar-refractivity contribution >= 4 is 21.8 Å². The first-order valence-electron chi connectivity index (χ1n) is 11.3. The Hall–Kier alpha value is -3.11. The third kappa shape index (κ3) is 5.87. The minimum atomic E-state index is -3.70. The van der Waals surface area contributed by atoms with Gasteiger partial charge < -0.3 is 9.47 Å². The van der Waals surface area contributed by atoms with Gasteiger partial charge in [0, 0.05) is 24.2 Å². The van der Waals surface area contributed by atoms with E-state index in [1.165, 1.54) is 29.6 Å². The van der Waals surface area contributed by atoms with E-state index < -0.39 is 21.8 Å². The van der Waals surface area contributed by atoms with E-state index in [1.807, 2.05) is 6.92 Å². The molecule has 1 fully saturated rings. The number of carbonyl (C=O) groups excluding carboxylic acids is 2. The van der Waals surface area contributed by atoms with Crippen molar-refractivity contribution < 1.29 is 27.5 Å². The quantitative estimate of drug-likeness (QED) is 0.551. The Bertz CT molecular complexity index is 1140. The lowest BCUT2D eigenvalue weighted by molar-refractivity contribution is 0.0846. The molecule has 2 aromatic rings. The molecule has 0 unspecified atom stereocenters. The van der Waals surface area contributed by atoms with E-state index in [1.54, 1.807) is 25.1 Å². The molecule has 1 saturated heterocycles. The molecule has 0 spiro atoms. The Morgan fingerprint density at radius 3 is 2.18 bits per heavy atom. The monoisotopic (exact) mass is 489 g/mol. The second kappa shape index (κ2) is 11.3. The molecule has 184 valence electrons. The molecule has 0 aromatic heterocycles. The number of ether oxygens (including phenoxy) is 2. The van der Waals surface area contributed by atoms with Crippen molar-refractivity contribution in [1.29, 1.82) is 0 Å². The zero-order valence-corrected chi connectivity index (χ0v) is 20.5. The summed E-state index contributed by atoms with van der Waals surface area (Å²) in [5.74, 6) is -0.258. The fourth-order valence-corrected chi connectivity index (χ4v) is 5.43. The number of hydrazine groups is 1. The summed E-state index contributed by atoms with van der Waals surface area (Å²) in [6, 6.07) is 9.17. The van der Waals surface area contributed by atoms with Gasteiger partial charge in [-0.2, -0.15) is 4.31 Å². The second-order valence-electron chi connectivity index (χ2n) is 8.07. The number of rotatable bonds is 8. The third-order valence-electron chi connectivity index (χ3n) is 5.56. The summed E-state index contributed by atoms with van der Waals surface area (Å²) in [6.07, 6.45) is 3.48. The lowest BCUT2D eigenvalue weighted by atomic mass is 10.1. The second-order valence-corrected chi connectivity index (χ2v) is 9.97. The SMILES string of the molecule is CCCOc1ccc(C(=O)NNC(=O)c2ccc(C)c(S(=O)(=O)N3CCCCC3)c2)cc1OC. The first-order valence-corrected chi connectivity index (χ1v) is 12.7. The lowest BCUT2D eigenvalue weighted by Gasteiger charge is -2.26. The van der Waals surface area contributed by atoms with Crippen LogP contribution in [-0.4, -0.2) is 51.3 Å². The normalized spacial score (nSPS) is 14.3. The van der Waals surface area contributed by atoms with Crippen molar-refractivity contribution in [2.45, 2.75) is 44.4 Å². The van der Waals surface area contributed by atoms with Crippen molar-refractivity contribution in [3.8, 4) is 11.5 Å². The number of hydrogen-bond acceptors (Lipinski definition) is 6. The number of piperidine rings is 1. The van der Waals surface area contributed by atoms with E-state index >= 15 is 0 Å². The van der Waals surface area contributed by atoms with Crippen LogP contribution in [0.4, 0.5) is 0 Å². The van der Waals surface area contributed by atoms with E-state index in [0.29, 0.717) is 36.8 Å². The molecule has 1 aliphatic rings. The summed E-state index contributed by atoms with van der Waals surface area (Å²) < 4.78 is 38.5. The molecule has 1 aliphatic heterocycles. The van der Waals surface area contributed by atoms with Crippen LogP contribution < -0.4 is 20.3 Å². The standard InChI is InChI=1S/C24H31N3O6S/c1-4-14-33-20-11-10-18(15-21(20)32-3)23(28)25-26-24(29)19-9-8-17(2)22(16-19)34(30,31)27-12-6-5-7-13-27/h8-11,15-16H,4-7,12-14H2,1-3H3,(H,25,28)(H,26,29). The van der Waals surface area contributed by atoms with Crippen LogP contribution in [0.1, 0.15) is 58.9 Å². The Labute approximate surface area is 200 Å². The largest absolute Gasteiger partial charge is 0.493 e. The van der Waals surface area contributed by atoms with Gasteiger partial charge in [0.25, 0.3) is 11.8 Å². The number of amides is 2. The number of nitrogens with one attached hydrogen (secondary N) is 2. The number of carbonyl (C=O) groups is 2. The van der Waals surface area contributed by atoms with Crippen LogP contribution in [0.5, 0.6) is 11.5 Å². The Kier molecular flexibility index (Phi) is 8.51. The van der Waals surface area contributed by atoms with Crippen LogP contribution >= 0.6 is 0 Å². The van der Waals surface area contributed by atoms with Crippen LogP contribution in [0, 0.1) is 6.92 Å². The third-order valence-corrected chi connectivity index (χ3v) is 7.60. The summed E-state index contributed by atoms with van der Waals surface area (Å²) in [5, 5.41) is 0. The smallest absolute Gasteiger partial charge is 0.269 e. The van der Waals surface area contributed by atoms with Crippen LogP contribution in [-0.2, 0) is 10.0 Å². The summed E-state index contributed by atoms with van der Waals surface area (Å²) in [5.41, 5.74) is 5.64. The average Bonchev–Trinajstić information content (AvgIpc) is 2.86. The van der Waals surface area contributed by atoms with Gasteiger partial charge in [0.05, 0.1) is 18.6 Å². The average molecular weight is 490 g/mol. The number of hydrogen-bond donors (Lipinski definition) is 2. The van der Waals surface area contributed by atoms with Gasteiger partial charge in [-0.3, -0.25) is 20.4 Å². The molecule has 2 amide bonds. The van der Waals surface area contributed by atoms with Gasteiger partial charge in [-0.05, 0) is 62.1 Å². The fraction of sp³-hybridized carbons (Fsp3) is 0.417. The molecular formula is C24H31N3O6S. The Morgan fingerprint density at radius 1 is 0.941 bits per heavy atom. The highest BCUT2D eigenvalue weighted by atomic mass is 32.2. The molecule has 1 heterocycles. The number of methoxy groups -OCH3 is 1. The highest BCUT2D eigenvalue weighted by Gasteiger charge is 2.28. The van der Waals surface area contributed by atoms with Crippen LogP contribution in [0.15, 0.2) is 41.3 Å². The molecule has 0 saturated carbocycles. The number of nitrogens with zero attached hydrogens (tertiary/aromatic N) is 1. The van der Waals surface area contributed by atoms with Crippen molar-refractivity contribution in [1.82, 2.24) is 15.2 Å². The van der Waals surface area contributed by atoms with Gasteiger partial charge in [-0.25, -0.2) is 8.42 Å². The lowest BCUT2D eigenvalue weighted by Crippen LogP contribution is -2.41. The maximum Gasteiger partial charge on any atom is 0.269 e. The predicted molar refractivity (Wildman–Crippen MR) is 128 cm³/mol.